The summed E-state index contributed by atoms with van der Waals surface area (Å²) in [6.45, 7) is 1.79. The van der Waals surface area contributed by atoms with E-state index in [1.165, 1.54) is 23.5 Å². The van der Waals surface area contributed by atoms with Gasteiger partial charge in [-0.05, 0) is 13.0 Å². The minimum absolute atomic E-state index is 0.160. The first-order chi connectivity index (χ1) is 7.61. The van der Waals surface area contributed by atoms with E-state index >= 15 is 0 Å². The Hall–Kier alpha value is -1.33. The topological polar surface area (TPSA) is 38.9 Å². The van der Waals surface area contributed by atoms with Crippen LogP contribution >= 0.6 is 11.3 Å². The summed E-state index contributed by atoms with van der Waals surface area (Å²) in [5.41, 5.74) is 8.45. The van der Waals surface area contributed by atoms with Crippen LogP contribution in [0.4, 0.5) is 8.78 Å². The third kappa shape index (κ3) is 1.83. The van der Waals surface area contributed by atoms with Gasteiger partial charge in [-0.2, -0.15) is 0 Å². The first-order valence-corrected chi connectivity index (χ1v) is 5.58. The molecular weight excluding hydrogens is 230 g/mol. The molecule has 2 rings (SSSR count). The van der Waals surface area contributed by atoms with Gasteiger partial charge in [-0.15, -0.1) is 11.3 Å². The molecule has 1 atom stereocenters. The lowest BCUT2D eigenvalue weighted by molar-refractivity contribution is 0.495. The van der Waals surface area contributed by atoms with Crippen molar-refractivity contribution in [2.24, 2.45) is 5.73 Å². The van der Waals surface area contributed by atoms with Gasteiger partial charge in [-0.3, -0.25) is 0 Å². The Labute approximate surface area is 95.7 Å². The highest BCUT2D eigenvalue weighted by atomic mass is 32.1. The molecule has 0 fully saturated rings. The highest BCUT2D eigenvalue weighted by Crippen LogP contribution is 2.28. The lowest BCUT2D eigenvalue weighted by Crippen LogP contribution is -2.14. The number of benzene rings is 1. The molecule has 5 heteroatoms. The van der Waals surface area contributed by atoms with Crippen LogP contribution in [-0.2, 0) is 0 Å². The van der Waals surface area contributed by atoms with Crippen molar-refractivity contribution in [3.05, 3.63) is 51.5 Å². The highest BCUT2D eigenvalue weighted by molar-refractivity contribution is 7.09. The summed E-state index contributed by atoms with van der Waals surface area (Å²) in [5.74, 6) is -1.77. The summed E-state index contributed by atoms with van der Waals surface area (Å²) in [7, 11) is 0. The zero-order valence-corrected chi connectivity index (χ0v) is 9.39. The minimum Gasteiger partial charge on any atom is -0.319 e. The van der Waals surface area contributed by atoms with Gasteiger partial charge in [0.2, 0.25) is 0 Å². The Kier molecular flexibility index (Phi) is 2.98. The fourth-order valence-corrected chi connectivity index (χ4v) is 2.33. The third-order valence-corrected chi connectivity index (χ3v) is 3.40. The van der Waals surface area contributed by atoms with Gasteiger partial charge in [0.15, 0.2) is 11.6 Å². The van der Waals surface area contributed by atoms with E-state index in [1.807, 2.05) is 0 Å². The summed E-state index contributed by atoms with van der Waals surface area (Å²) >= 11 is 1.34. The summed E-state index contributed by atoms with van der Waals surface area (Å²) in [6.07, 6.45) is 0. The summed E-state index contributed by atoms with van der Waals surface area (Å²) in [5, 5.41) is 0. The van der Waals surface area contributed by atoms with E-state index in [9.17, 15) is 8.78 Å². The van der Waals surface area contributed by atoms with E-state index in [-0.39, 0.29) is 5.56 Å². The minimum atomic E-state index is -0.886. The Morgan fingerprint density at radius 3 is 2.75 bits per heavy atom. The van der Waals surface area contributed by atoms with E-state index in [1.54, 1.807) is 12.4 Å². The number of thiazole rings is 1. The normalized spacial score (nSPS) is 12.8. The number of aromatic nitrogens is 1. The van der Waals surface area contributed by atoms with Crippen molar-refractivity contribution < 1.29 is 8.78 Å². The zero-order valence-electron chi connectivity index (χ0n) is 8.58. The fraction of sp³-hybridized carbons (Fsp3) is 0.182. The standard InChI is InChI=1S/C11H10F2N2S/c1-6-11(16-5-15-6)10(14)7-3-2-4-8(12)9(7)13/h2-5,10H,14H2,1H3. The Bertz CT molecular complexity index is 510. The van der Waals surface area contributed by atoms with Crippen LogP contribution in [0.1, 0.15) is 22.2 Å². The van der Waals surface area contributed by atoms with Crippen LogP contribution in [-0.4, -0.2) is 4.98 Å². The largest absolute Gasteiger partial charge is 0.319 e. The first-order valence-electron chi connectivity index (χ1n) is 4.70. The van der Waals surface area contributed by atoms with Crippen molar-refractivity contribution in [1.82, 2.24) is 4.98 Å². The monoisotopic (exact) mass is 240 g/mol. The molecule has 0 aliphatic rings. The molecule has 1 unspecified atom stereocenters. The van der Waals surface area contributed by atoms with Gasteiger partial charge in [0, 0.05) is 10.4 Å². The van der Waals surface area contributed by atoms with Crippen LogP contribution in [0, 0.1) is 18.6 Å². The lowest BCUT2D eigenvalue weighted by Gasteiger charge is -2.12. The average molecular weight is 240 g/mol. The molecule has 0 bridgehead atoms. The predicted molar refractivity (Wildman–Crippen MR) is 59.2 cm³/mol. The van der Waals surface area contributed by atoms with Crippen molar-refractivity contribution in [2.45, 2.75) is 13.0 Å². The van der Waals surface area contributed by atoms with Gasteiger partial charge in [-0.25, -0.2) is 13.8 Å². The molecule has 0 spiro atoms. The van der Waals surface area contributed by atoms with E-state index in [0.717, 1.165) is 16.6 Å². The molecule has 1 heterocycles. The SMILES string of the molecule is Cc1ncsc1C(N)c1cccc(F)c1F. The molecule has 1 aromatic heterocycles. The number of aryl methyl sites for hydroxylation is 1. The summed E-state index contributed by atoms with van der Waals surface area (Å²) in [4.78, 5) is 4.79. The molecule has 84 valence electrons. The molecule has 1 aromatic carbocycles. The maximum absolute atomic E-state index is 13.5. The number of halogens is 2. The van der Waals surface area contributed by atoms with Crippen LogP contribution in [0.2, 0.25) is 0 Å². The van der Waals surface area contributed by atoms with Gasteiger partial charge in [-0.1, -0.05) is 12.1 Å². The molecule has 0 aliphatic carbocycles. The molecule has 0 radical (unpaired) electrons. The molecule has 2 N–H and O–H groups in total. The van der Waals surface area contributed by atoms with Crippen molar-refractivity contribution in [3.8, 4) is 0 Å². The second-order valence-corrected chi connectivity index (χ2v) is 4.31. The number of nitrogens with two attached hydrogens (primary N) is 1. The van der Waals surface area contributed by atoms with E-state index in [0.29, 0.717) is 0 Å². The van der Waals surface area contributed by atoms with Gasteiger partial charge in [0.25, 0.3) is 0 Å². The van der Waals surface area contributed by atoms with E-state index < -0.39 is 17.7 Å². The summed E-state index contributed by atoms with van der Waals surface area (Å²) < 4.78 is 26.5. The maximum Gasteiger partial charge on any atom is 0.163 e. The van der Waals surface area contributed by atoms with Gasteiger partial charge >= 0.3 is 0 Å². The number of rotatable bonds is 2. The van der Waals surface area contributed by atoms with Crippen LogP contribution in [0.3, 0.4) is 0 Å². The van der Waals surface area contributed by atoms with Crippen LogP contribution < -0.4 is 5.73 Å². The highest BCUT2D eigenvalue weighted by Gasteiger charge is 2.19. The van der Waals surface area contributed by atoms with E-state index in [2.05, 4.69) is 4.98 Å². The van der Waals surface area contributed by atoms with Gasteiger partial charge < -0.3 is 5.73 Å². The van der Waals surface area contributed by atoms with Crippen LogP contribution in [0.5, 0.6) is 0 Å². The molecule has 0 saturated heterocycles. The molecule has 0 aliphatic heterocycles. The van der Waals surface area contributed by atoms with Gasteiger partial charge in [0.1, 0.15) is 0 Å². The second-order valence-electron chi connectivity index (χ2n) is 3.42. The molecule has 2 aromatic rings. The quantitative estimate of drug-likeness (QED) is 0.876. The average Bonchev–Trinajstić information content (AvgIpc) is 2.68. The third-order valence-electron chi connectivity index (χ3n) is 2.38. The maximum atomic E-state index is 13.5. The Balaban J connectivity index is 2.46. The number of hydrogen-bond acceptors (Lipinski definition) is 3. The van der Waals surface area contributed by atoms with Crippen molar-refractivity contribution in [1.29, 1.82) is 0 Å². The molecule has 16 heavy (non-hydrogen) atoms. The molecule has 0 amide bonds. The van der Waals surface area contributed by atoms with Crippen molar-refractivity contribution in [3.63, 3.8) is 0 Å². The van der Waals surface area contributed by atoms with E-state index in [4.69, 9.17) is 5.73 Å². The predicted octanol–water partition coefficient (Wildman–Crippen LogP) is 2.78. The van der Waals surface area contributed by atoms with Crippen LogP contribution in [0.25, 0.3) is 0 Å². The number of nitrogens with zero attached hydrogens (tertiary/aromatic N) is 1. The molecule has 0 saturated carbocycles. The van der Waals surface area contributed by atoms with Crippen molar-refractivity contribution in [2.75, 3.05) is 0 Å². The summed E-state index contributed by atoms with van der Waals surface area (Å²) in [6, 6.07) is 3.35. The van der Waals surface area contributed by atoms with Gasteiger partial charge in [0.05, 0.1) is 17.2 Å². The smallest absolute Gasteiger partial charge is 0.163 e. The first kappa shape index (κ1) is 11.2. The molecular formula is C11H10F2N2S. The second kappa shape index (κ2) is 4.27. The van der Waals surface area contributed by atoms with Crippen molar-refractivity contribution >= 4 is 11.3 Å². The fourth-order valence-electron chi connectivity index (χ4n) is 1.51. The Morgan fingerprint density at radius 2 is 2.12 bits per heavy atom. The zero-order chi connectivity index (χ0) is 11.7. The number of hydrogen-bond donors (Lipinski definition) is 1. The van der Waals surface area contributed by atoms with Crippen LogP contribution in [0.15, 0.2) is 23.7 Å². The lowest BCUT2D eigenvalue weighted by atomic mass is 10.0. The molecule has 2 nitrogen and oxygen atoms in total. The Morgan fingerprint density at radius 1 is 1.38 bits per heavy atom.